The van der Waals surface area contributed by atoms with Crippen LogP contribution in [-0.4, -0.2) is 50.3 Å². The molecule has 1 heterocycles. The van der Waals surface area contributed by atoms with Gasteiger partial charge < -0.3 is 9.64 Å². The van der Waals surface area contributed by atoms with E-state index in [1.807, 2.05) is 19.2 Å². The van der Waals surface area contributed by atoms with E-state index in [-0.39, 0.29) is 12.2 Å². The van der Waals surface area contributed by atoms with Gasteiger partial charge in [-0.2, -0.15) is 5.26 Å². The van der Waals surface area contributed by atoms with Crippen molar-refractivity contribution in [3.05, 3.63) is 28.8 Å². The number of benzene rings is 1. The lowest BCUT2D eigenvalue weighted by atomic mass is 10.1. The zero-order valence-corrected chi connectivity index (χ0v) is 13.6. The molecule has 0 N–H and O–H groups in total. The third kappa shape index (κ3) is 4.34. The predicted molar refractivity (Wildman–Crippen MR) is 85.9 cm³/mol. The molecule has 0 aromatic heterocycles. The SMILES string of the molecule is C[C@@H]1CN(CCN(C)c2ccc(Cl)cc2C#N)C[C@H](C)O1. The van der Waals surface area contributed by atoms with Crippen LogP contribution in [0, 0.1) is 11.3 Å². The lowest BCUT2D eigenvalue weighted by molar-refractivity contribution is -0.0670. The first-order valence-electron chi connectivity index (χ1n) is 7.28. The first kappa shape index (κ1) is 16.1. The van der Waals surface area contributed by atoms with Crippen molar-refractivity contribution in [2.45, 2.75) is 26.1 Å². The number of rotatable bonds is 4. The van der Waals surface area contributed by atoms with Gasteiger partial charge in [0.05, 0.1) is 23.5 Å². The van der Waals surface area contributed by atoms with Crippen LogP contribution in [0.2, 0.25) is 5.02 Å². The molecule has 2 atom stereocenters. The Morgan fingerprint density at radius 1 is 1.38 bits per heavy atom. The van der Waals surface area contributed by atoms with E-state index in [0.29, 0.717) is 10.6 Å². The fraction of sp³-hybridized carbons (Fsp3) is 0.562. The first-order valence-corrected chi connectivity index (χ1v) is 7.66. The third-order valence-corrected chi connectivity index (χ3v) is 3.97. The van der Waals surface area contributed by atoms with Crippen LogP contribution in [0.25, 0.3) is 0 Å². The molecule has 0 amide bonds. The van der Waals surface area contributed by atoms with Gasteiger partial charge in [-0.15, -0.1) is 0 Å². The number of nitriles is 1. The second kappa shape index (κ2) is 7.13. The lowest BCUT2D eigenvalue weighted by Crippen LogP contribution is -2.47. The van der Waals surface area contributed by atoms with Gasteiger partial charge in [-0.1, -0.05) is 11.6 Å². The Bertz CT molecular complexity index is 519. The topological polar surface area (TPSA) is 39.5 Å². The van der Waals surface area contributed by atoms with Crippen LogP contribution < -0.4 is 4.90 Å². The second-order valence-corrected chi connectivity index (χ2v) is 6.15. The highest BCUT2D eigenvalue weighted by Crippen LogP contribution is 2.23. The molecule has 1 aliphatic rings. The number of hydrogen-bond acceptors (Lipinski definition) is 4. The fourth-order valence-electron chi connectivity index (χ4n) is 2.81. The zero-order valence-electron chi connectivity index (χ0n) is 12.8. The van der Waals surface area contributed by atoms with Crippen molar-refractivity contribution >= 4 is 17.3 Å². The maximum Gasteiger partial charge on any atom is 0.101 e. The quantitative estimate of drug-likeness (QED) is 0.857. The van der Waals surface area contributed by atoms with E-state index in [9.17, 15) is 5.26 Å². The van der Waals surface area contributed by atoms with Gasteiger partial charge in [0.15, 0.2) is 0 Å². The minimum absolute atomic E-state index is 0.282. The Kier molecular flexibility index (Phi) is 5.46. The molecule has 1 aromatic rings. The summed E-state index contributed by atoms with van der Waals surface area (Å²) < 4.78 is 5.74. The smallest absolute Gasteiger partial charge is 0.101 e. The molecular formula is C16H22ClN3O. The van der Waals surface area contributed by atoms with Crippen LogP contribution in [0.3, 0.4) is 0 Å². The molecule has 5 heteroatoms. The van der Waals surface area contributed by atoms with Crippen molar-refractivity contribution in [2.75, 3.05) is 38.1 Å². The number of morpholine rings is 1. The molecule has 1 aliphatic heterocycles. The average molecular weight is 308 g/mol. The van der Waals surface area contributed by atoms with Gasteiger partial charge in [-0.3, -0.25) is 4.90 Å². The average Bonchev–Trinajstić information content (AvgIpc) is 2.43. The molecule has 0 spiro atoms. The highest BCUT2D eigenvalue weighted by molar-refractivity contribution is 6.30. The van der Waals surface area contributed by atoms with Crippen LogP contribution in [0.15, 0.2) is 18.2 Å². The van der Waals surface area contributed by atoms with Crippen molar-refractivity contribution < 1.29 is 4.74 Å². The van der Waals surface area contributed by atoms with Gasteiger partial charge in [0.2, 0.25) is 0 Å². The molecule has 1 aromatic carbocycles. The normalized spacial score (nSPS) is 22.8. The molecule has 4 nitrogen and oxygen atoms in total. The van der Waals surface area contributed by atoms with Gasteiger partial charge in [-0.25, -0.2) is 0 Å². The monoisotopic (exact) mass is 307 g/mol. The van der Waals surface area contributed by atoms with Gasteiger partial charge in [0, 0.05) is 38.2 Å². The second-order valence-electron chi connectivity index (χ2n) is 5.71. The van der Waals surface area contributed by atoms with E-state index < -0.39 is 0 Å². The van der Waals surface area contributed by atoms with E-state index in [4.69, 9.17) is 16.3 Å². The molecule has 0 bridgehead atoms. The van der Waals surface area contributed by atoms with Gasteiger partial charge in [-0.05, 0) is 32.0 Å². The summed E-state index contributed by atoms with van der Waals surface area (Å²) in [7, 11) is 2.01. The summed E-state index contributed by atoms with van der Waals surface area (Å²) in [6.07, 6.45) is 0.563. The van der Waals surface area contributed by atoms with Crippen LogP contribution in [0.1, 0.15) is 19.4 Å². The van der Waals surface area contributed by atoms with Crippen molar-refractivity contribution in [2.24, 2.45) is 0 Å². The van der Waals surface area contributed by atoms with E-state index >= 15 is 0 Å². The van der Waals surface area contributed by atoms with Crippen LogP contribution >= 0.6 is 11.6 Å². The molecule has 21 heavy (non-hydrogen) atoms. The van der Waals surface area contributed by atoms with E-state index in [1.165, 1.54) is 0 Å². The maximum absolute atomic E-state index is 9.22. The molecule has 1 fully saturated rings. The summed E-state index contributed by atoms with van der Waals surface area (Å²) >= 11 is 5.94. The third-order valence-electron chi connectivity index (χ3n) is 3.74. The predicted octanol–water partition coefficient (Wildman–Crippen LogP) is 2.76. The molecule has 2 rings (SSSR count). The molecule has 114 valence electrons. The molecule has 1 saturated heterocycles. The number of anilines is 1. The Morgan fingerprint density at radius 2 is 2.05 bits per heavy atom. The lowest BCUT2D eigenvalue weighted by Gasteiger charge is -2.36. The maximum atomic E-state index is 9.22. The molecule has 0 aliphatic carbocycles. The summed E-state index contributed by atoms with van der Waals surface area (Å²) in [5, 5.41) is 9.81. The summed E-state index contributed by atoms with van der Waals surface area (Å²) in [4.78, 5) is 4.52. The Balaban J connectivity index is 1.96. The van der Waals surface area contributed by atoms with Crippen LogP contribution in [0.4, 0.5) is 5.69 Å². The summed E-state index contributed by atoms with van der Waals surface area (Å²) in [6, 6.07) is 7.66. The first-order chi connectivity index (χ1) is 9.99. The van der Waals surface area contributed by atoms with E-state index in [0.717, 1.165) is 31.9 Å². The number of nitrogens with zero attached hydrogens (tertiary/aromatic N) is 3. The highest BCUT2D eigenvalue weighted by Gasteiger charge is 2.22. The fourth-order valence-corrected chi connectivity index (χ4v) is 2.98. The van der Waals surface area contributed by atoms with Crippen LogP contribution in [0.5, 0.6) is 0 Å². The van der Waals surface area contributed by atoms with E-state index in [2.05, 4.69) is 29.7 Å². The van der Waals surface area contributed by atoms with E-state index in [1.54, 1.807) is 6.07 Å². The Morgan fingerprint density at radius 3 is 2.67 bits per heavy atom. The number of halogens is 1. The molecule has 0 saturated carbocycles. The summed E-state index contributed by atoms with van der Waals surface area (Å²) in [5.41, 5.74) is 1.55. The minimum atomic E-state index is 0.282. The molecular weight excluding hydrogens is 286 g/mol. The van der Waals surface area contributed by atoms with Crippen molar-refractivity contribution in [3.8, 4) is 6.07 Å². The summed E-state index contributed by atoms with van der Waals surface area (Å²) in [6.45, 7) is 7.98. The Hall–Kier alpha value is -1.28. The largest absolute Gasteiger partial charge is 0.373 e. The number of hydrogen-bond donors (Lipinski definition) is 0. The van der Waals surface area contributed by atoms with Crippen molar-refractivity contribution in [1.29, 1.82) is 5.26 Å². The highest BCUT2D eigenvalue weighted by atomic mass is 35.5. The number of likely N-dealkylation sites (N-methyl/N-ethyl adjacent to an activating group) is 1. The van der Waals surface area contributed by atoms with Crippen molar-refractivity contribution in [1.82, 2.24) is 4.90 Å². The number of ether oxygens (including phenoxy) is 1. The van der Waals surface area contributed by atoms with Crippen molar-refractivity contribution in [3.63, 3.8) is 0 Å². The summed E-state index contributed by atoms with van der Waals surface area (Å²) in [5.74, 6) is 0. The minimum Gasteiger partial charge on any atom is -0.373 e. The van der Waals surface area contributed by atoms with Crippen LogP contribution in [-0.2, 0) is 4.74 Å². The van der Waals surface area contributed by atoms with Gasteiger partial charge >= 0.3 is 0 Å². The van der Waals surface area contributed by atoms with Gasteiger partial charge in [0.1, 0.15) is 6.07 Å². The van der Waals surface area contributed by atoms with Gasteiger partial charge in [0.25, 0.3) is 0 Å². The Labute approximate surface area is 131 Å². The molecule has 0 unspecified atom stereocenters. The molecule has 0 radical (unpaired) electrons. The standard InChI is InChI=1S/C16H22ClN3O/c1-12-10-20(11-13(2)21-12)7-6-19(3)16-5-4-15(17)8-14(16)9-18/h4-5,8,12-13H,6-7,10-11H2,1-3H3/t12-,13+. The zero-order chi connectivity index (χ0) is 15.4.